The summed E-state index contributed by atoms with van der Waals surface area (Å²) in [6, 6.07) is 2.92. The molecule has 0 saturated carbocycles. The maximum Gasteiger partial charge on any atom is 0.387 e. The molecule has 2 aromatic rings. The monoisotopic (exact) mass is 393 g/mol. The Morgan fingerprint density at radius 1 is 1.32 bits per heavy atom. The number of rotatable bonds is 5. The Morgan fingerprint density at radius 3 is 2.54 bits per heavy atom. The fourth-order valence-electron chi connectivity index (χ4n) is 2.96. The Hall–Kier alpha value is -3.01. The Labute approximate surface area is 160 Å². The van der Waals surface area contributed by atoms with Gasteiger partial charge in [0.2, 0.25) is 5.95 Å². The number of aromatic amines is 1. The second-order valence-corrected chi connectivity index (χ2v) is 6.33. The summed E-state index contributed by atoms with van der Waals surface area (Å²) in [4.78, 5) is 25.6. The SMILES string of the molecule is Cc1cc(OC(F)F)cc(C)c1N=Cc1c(N)nc(N2CCOCC2)[nH]c1=O. The predicted octanol–water partition coefficient (Wildman–Crippen LogP) is 2.16. The number of aromatic nitrogens is 2. The molecule has 0 spiro atoms. The summed E-state index contributed by atoms with van der Waals surface area (Å²) in [5.41, 5.74) is 7.47. The van der Waals surface area contributed by atoms with Gasteiger partial charge in [0.15, 0.2) is 0 Å². The minimum atomic E-state index is -2.90. The Balaban J connectivity index is 1.87. The minimum Gasteiger partial charge on any atom is -0.435 e. The highest BCUT2D eigenvalue weighted by atomic mass is 19.3. The van der Waals surface area contributed by atoms with Crippen molar-refractivity contribution in [3.05, 3.63) is 39.2 Å². The highest BCUT2D eigenvalue weighted by Gasteiger charge is 2.16. The summed E-state index contributed by atoms with van der Waals surface area (Å²) in [6.45, 7) is 2.86. The molecule has 0 unspecified atom stereocenters. The predicted molar refractivity (Wildman–Crippen MR) is 102 cm³/mol. The van der Waals surface area contributed by atoms with E-state index >= 15 is 0 Å². The van der Waals surface area contributed by atoms with E-state index in [0.29, 0.717) is 49.1 Å². The summed E-state index contributed by atoms with van der Waals surface area (Å²) in [7, 11) is 0. The highest BCUT2D eigenvalue weighted by molar-refractivity contribution is 5.87. The molecule has 1 aromatic heterocycles. The van der Waals surface area contributed by atoms with Gasteiger partial charge in [-0.25, -0.2) is 0 Å². The van der Waals surface area contributed by atoms with Crippen LogP contribution in [-0.4, -0.2) is 49.1 Å². The maximum atomic E-state index is 12.4. The first-order chi connectivity index (χ1) is 13.3. The lowest BCUT2D eigenvalue weighted by Gasteiger charge is -2.27. The second kappa shape index (κ2) is 8.34. The smallest absolute Gasteiger partial charge is 0.387 e. The molecule has 1 fully saturated rings. The third kappa shape index (κ3) is 4.45. The van der Waals surface area contributed by atoms with Gasteiger partial charge in [-0.1, -0.05) is 0 Å². The number of nitrogens with zero attached hydrogens (tertiary/aromatic N) is 3. The van der Waals surface area contributed by atoms with Crippen LogP contribution in [0.5, 0.6) is 5.75 Å². The quantitative estimate of drug-likeness (QED) is 0.754. The minimum absolute atomic E-state index is 0.0536. The zero-order chi connectivity index (χ0) is 20.3. The first kappa shape index (κ1) is 19.7. The topological polar surface area (TPSA) is 106 Å². The van der Waals surface area contributed by atoms with Gasteiger partial charge in [0.05, 0.1) is 18.9 Å². The third-order valence-corrected chi connectivity index (χ3v) is 4.30. The lowest BCUT2D eigenvalue weighted by Crippen LogP contribution is -2.38. The average Bonchev–Trinajstić information content (AvgIpc) is 2.63. The van der Waals surface area contributed by atoms with Gasteiger partial charge in [-0.15, -0.1) is 0 Å². The molecule has 0 radical (unpaired) electrons. The summed E-state index contributed by atoms with van der Waals surface area (Å²) < 4.78 is 34.5. The highest BCUT2D eigenvalue weighted by Crippen LogP contribution is 2.29. The van der Waals surface area contributed by atoms with Crippen molar-refractivity contribution in [3.63, 3.8) is 0 Å². The molecule has 0 atom stereocenters. The number of aryl methyl sites for hydroxylation is 2. The van der Waals surface area contributed by atoms with Gasteiger partial charge in [-0.3, -0.25) is 14.8 Å². The van der Waals surface area contributed by atoms with Gasteiger partial charge in [0.1, 0.15) is 17.1 Å². The third-order valence-electron chi connectivity index (χ3n) is 4.30. The van der Waals surface area contributed by atoms with Crippen molar-refractivity contribution < 1.29 is 18.3 Å². The van der Waals surface area contributed by atoms with E-state index in [1.807, 2.05) is 4.90 Å². The molecule has 0 amide bonds. The Morgan fingerprint density at radius 2 is 1.96 bits per heavy atom. The van der Waals surface area contributed by atoms with Gasteiger partial charge in [-0.05, 0) is 37.1 Å². The number of aliphatic imine (C=N–C) groups is 1. The molecule has 0 aliphatic carbocycles. The average molecular weight is 393 g/mol. The number of alkyl halides is 2. The van der Waals surface area contributed by atoms with Crippen molar-refractivity contribution in [3.8, 4) is 5.75 Å². The molecular formula is C18H21F2N5O3. The van der Waals surface area contributed by atoms with Crippen LogP contribution >= 0.6 is 0 Å². The number of nitrogen functional groups attached to an aromatic ring is 1. The summed E-state index contributed by atoms with van der Waals surface area (Å²) >= 11 is 0. The van der Waals surface area contributed by atoms with E-state index in [4.69, 9.17) is 10.5 Å². The number of hydrogen-bond donors (Lipinski definition) is 2. The molecule has 10 heteroatoms. The van der Waals surface area contributed by atoms with Crippen molar-refractivity contribution in [2.24, 2.45) is 4.99 Å². The van der Waals surface area contributed by atoms with Crippen molar-refractivity contribution in [2.75, 3.05) is 36.9 Å². The first-order valence-electron chi connectivity index (χ1n) is 8.67. The van der Waals surface area contributed by atoms with Crippen LogP contribution in [0.4, 0.5) is 26.2 Å². The number of H-pyrrole nitrogens is 1. The summed E-state index contributed by atoms with van der Waals surface area (Å²) in [5.74, 6) is 0.503. The maximum absolute atomic E-state index is 12.4. The van der Waals surface area contributed by atoms with Crippen LogP contribution < -0.4 is 20.9 Å². The fraction of sp³-hybridized carbons (Fsp3) is 0.389. The Bertz CT molecular complexity index is 916. The largest absolute Gasteiger partial charge is 0.435 e. The lowest BCUT2D eigenvalue weighted by molar-refractivity contribution is -0.0498. The zero-order valence-electron chi connectivity index (χ0n) is 15.5. The van der Waals surface area contributed by atoms with Crippen LogP contribution in [-0.2, 0) is 4.74 Å². The van der Waals surface area contributed by atoms with Gasteiger partial charge in [0.25, 0.3) is 5.56 Å². The van der Waals surface area contributed by atoms with Crippen molar-refractivity contribution in [1.82, 2.24) is 9.97 Å². The zero-order valence-corrected chi connectivity index (χ0v) is 15.5. The van der Waals surface area contributed by atoms with Crippen LogP contribution in [0, 0.1) is 13.8 Å². The van der Waals surface area contributed by atoms with Crippen molar-refractivity contribution in [1.29, 1.82) is 0 Å². The number of hydrogen-bond acceptors (Lipinski definition) is 7. The lowest BCUT2D eigenvalue weighted by atomic mass is 10.1. The number of morpholine rings is 1. The molecule has 28 heavy (non-hydrogen) atoms. The van der Waals surface area contributed by atoms with Crippen LogP contribution in [0.15, 0.2) is 21.9 Å². The molecule has 1 aliphatic rings. The van der Waals surface area contributed by atoms with E-state index in [2.05, 4.69) is 19.7 Å². The van der Waals surface area contributed by atoms with Crippen molar-refractivity contribution in [2.45, 2.75) is 20.5 Å². The van der Waals surface area contributed by atoms with Crippen LogP contribution in [0.3, 0.4) is 0 Å². The molecule has 1 aromatic carbocycles. The van der Waals surface area contributed by atoms with E-state index in [-0.39, 0.29) is 17.1 Å². The first-order valence-corrected chi connectivity index (χ1v) is 8.67. The molecule has 2 heterocycles. The number of benzene rings is 1. The molecule has 3 rings (SSSR count). The summed E-state index contributed by atoms with van der Waals surface area (Å²) in [6.07, 6.45) is 1.33. The second-order valence-electron chi connectivity index (χ2n) is 6.33. The molecule has 0 bridgehead atoms. The number of nitrogens with one attached hydrogen (secondary N) is 1. The van der Waals surface area contributed by atoms with Gasteiger partial charge in [-0.2, -0.15) is 13.8 Å². The normalized spacial score (nSPS) is 14.8. The van der Waals surface area contributed by atoms with Crippen LogP contribution in [0.25, 0.3) is 0 Å². The molecular weight excluding hydrogens is 372 g/mol. The fourth-order valence-corrected chi connectivity index (χ4v) is 2.96. The van der Waals surface area contributed by atoms with E-state index in [9.17, 15) is 13.6 Å². The van der Waals surface area contributed by atoms with E-state index < -0.39 is 12.2 Å². The van der Waals surface area contributed by atoms with Crippen LogP contribution in [0.1, 0.15) is 16.7 Å². The molecule has 1 saturated heterocycles. The molecule has 3 N–H and O–H groups in total. The van der Waals surface area contributed by atoms with Crippen molar-refractivity contribution >= 4 is 23.7 Å². The van der Waals surface area contributed by atoms with Gasteiger partial charge < -0.3 is 20.1 Å². The van der Waals surface area contributed by atoms with E-state index in [1.54, 1.807) is 13.8 Å². The standard InChI is InChI=1S/C18H21F2N5O3/c1-10-7-12(28-17(19)20)8-11(2)14(10)22-9-13-15(21)23-18(24-16(13)26)25-3-5-27-6-4-25/h7-9,17H,3-6H2,1-2H3,(H3,21,23,24,26). The van der Waals surface area contributed by atoms with E-state index in [0.717, 1.165) is 0 Å². The number of halogens is 2. The summed E-state index contributed by atoms with van der Waals surface area (Å²) in [5, 5.41) is 0. The number of anilines is 2. The van der Waals surface area contributed by atoms with Crippen LogP contribution in [0.2, 0.25) is 0 Å². The Kier molecular flexibility index (Phi) is 5.88. The molecule has 8 nitrogen and oxygen atoms in total. The number of nitrogens with two attached hydrogens (primary N) is 1. The number of ether oxygens (including phenoxy) is 2. The molecule has 150 valence electrons. The van der Waals surface area contributed by atoms with Gasteiger partial charge in [0, 0.05) is 19.3 Å². The van der Waals surface area contributed by atoms with Gasteiger partial charge >= 0.3 is 6.61 Å². The molecule has 1 aliphatic heterocycles. The van der Waals surface area contributed by atoms with E-state index in [1.165, 1.54) is 18.3 Å².